The van der Waals surface area contributed by atoms with Crippen molar-refractivity contribution in [2.24, 2.45) is 0 Å². The molecular formula is C13H14N2O. The van der Waals surface area contributed by atoms with Crippen molar-refractivity contribution in [3.8, 4) is 12.3 Å². The highest BCUT2D eigenvalue weighted by atomic mass is 16.1. The van der Waals surface area contributed by atoms with Crippen LogP contribution in [0.25, 0.3) is 0 Å². The van der Waals surface area contributed by atoms with E-state index in [1.165, 1.54) is 5.56 Å². The molecule has 1 aliphatic rings. The van der Waals surface area contributed by atoms with Crippen LogP contribution in [0.3, 0.4) is 0 Å². The predicted molar refractivity (Wildman–Crippen MR) is 62.0 cm³/mol. The molecule has 1 N–H and O–H groups in total. The summed E-state index contributed by atoms with van der Waals surface area (Å²) < 4.78 is 0. The van der Waals surface area contributed by atoms with Crippen LogP contribution in [0.2, 0.25) is 0 Å². The van der Waals surface area contributed by atoms with Gasteiger partial charge in [-0.15, -0.1) is 6.42 Å². The number of carbonyl (C=O) groups is 1. The second-order valence-corrected chi connectivity index (χ2v) is 3.91. The fourth-order valence-corrected chi connectivity index (χ4v) is 2.11. The standard InChI is InChI=1S/C13H14N2O/c1-2-7-14-9-12(16)11-6-5-10-4-3-8-15-13(10)11/h1,3-4,8,11,14H,5-7,9H2. The molecule has 0 radical (unpaired) electrons. The molecule has 0 aromatic carbocycles. The maximum Gasteiger partial charge on any atom is 0.155 e. The van der Waals surface area contributed by atoms with Crippen LogP contribution in [0.15, 0.2) is 18.3 Å². The summed E-state index contributed by atoms with van der Waals surface area (Å²) in [7, 11) is 0. The molecule has 0 amide bonds. The van der Waals surface area contributed by atoms with Gasteiger partial charge in [0, 0.05) is 6.20 Å². The van der Waals surface area contributed by atoms with Crippen molar-refractivity contribution in [1.82, 2.24) is 10.3 Å². The molecule has 0 spiro atoms. The van der Waals surface area contributed by atoms with Crippen LogP contribution in [-0.4, -0.2) is 23.9 Å². The van der Waals surface area contributed by atoms with E-state index in [2.05, 4.69) is 16.2 Å². The molecule has 1 atom stereocenters. The first-order valence-electron chi connectivity index (χ1n) is 5.43. The lowest BCUT2D eigenvalue weighted by atomic mass is 10.0. The SMILES string of the molecule is C#CCNCC(=O)C1CCc2cccnc21. The van der Waals surface area contributed by atoms with E-state index >= 15 is 0 Å². The number of Topliss-reactive ketones (excluding diaryl/α,β-unsaturated/α-hetero) is 1. The second-order valence-electron chi connectivity index (χ2n) is 3.91. The third kappa shape index (κ3) is 2.12. The summed E-state index contributed by atoms with van der Waals surface area (Å²) in [6.45, 7) is 0.776. The summed E-state index contributed by atoms with van der Waals surface area (Å²) in [5, 5.41) is 2.93. The summed E-state index contributed by atoms with van der Waals surface area (Å²) in [5.74, 6) is 2.60. The predicted octanol–water partition coefficient (Wildman–Crippen LogP) is 0.903. The minimum absolute atomic E-state index is 0.0403. The van der Waals surface area contributed by atoms with Crippen LogP contribution in [0.4, 0.5) is 0 Å². The Labute approximate surface area is 95.3 Å². The number of hydrogen-bond donors (Lipinski definition) is 1. The van der Waals surface area contributed by atoms with E-state index < -0.39 is 0 Å². The lowest BCUT2D eigenvalue weighted by Gasteiger charge is -2.09. The summed E-state index contributed by atoms with van der Waals surface area (Å²) in [6, 6.07) is 3.97. The van der Waals surface area contributed by atoms with Crippen molar-refractivity contribution in [2.75, 3.05) is 13.1 Å². The van der Waals surface area contributed by atoms with Gasteiger partial charge in [0.2, 0.25) is 0 Å². The van der Waals surface area contributed by atoms with E-state index in [0.29, 0.717) is 13.1 Å². The number of aromatic nitrogens is 1. The van der Waals surface area contributed by atoms with Gasteiger partial charge >= 0.3 is 0 Å². The quantitative estimate of drug-likeness (QED) is 0.598. The first-order valence-corrected chi connectivity index (χ1v) is 5.43. The summed E-state index contributed by atoms with van der Waals surface area (Å²) in [6.07, 6.45) is 8.69. The monoisotopic (exact) mass is 214 g/mol. The number of rotatable bonds is 4. The van der Waals surface area contributed by atoms with E-state index in [4.69, 9.17) is 6.42 Å². The number of ketones is 1. The number of nitrogens with one attached hydrogen (secondary N) is 1. The van der Waals surface area contributed by atoms with Gasteiger partial charge in [-0.1, -0.05) is 12.0 Å². The maximum atomic E-state index is 11.9. The van der Waals surface area contributed by atoms with Gasteiger partial charge in [0.15, 0.2) is 5.78 Å². The van der Waals surface area contributed by atoms with Gasteiger partial charge in [0.05, 0.1) is 24.7 Å². The van der Waals surface area contributed by atoms with Crippen LogP contribution >= 0.6 is 0 Å². The van der Waals surface area contributed by atoms with Crippen LogP contribution in [0.1, 0.15) is 23.6 Å². The Kier molecular flexibility index (Phi) is 3.33. The zero-order chi connectivity index (χ0) is 11.4. The molecule has 2 rings (SSSR count). The normalized spacial score (nSPS) is 17.8. The second kappa shape index (κ2) is 4.91. The Morgan fingerprint density at radius 2 is 2.56 bits per heavy atom. The van der Waals surface area contributed by atoms with Crippen molar-refractivity contribution >= 4 is 5.78 Å². The molecule has 0 aliphatic heterocycles. The lowest BCUT2D eigenvalue weighted by Crippen LogP contribution is -2.27. The molecule has 1 aliphatic carbocycles. The molecule has 16 heavy (non-hydrogen) atoms. The third-order valence-electron chi connectivity index (χ3n) is 2.87. The highest BCUT2D eigenvalue weighted by Gasteiger charge is 2.28. The number of carbonyl (C=O) groups excluding carboxylic acids is 1. The summed E-state index contributed by atoms with van der Waals surface area (Å²) >= 11 is 0. The summed E-state index contributed by atoms with van der Waals surface area (Å²) in [5.41, 5.74) is 2.16. The van der Waals surface area contributed by atoms with Crippen molar-refractivity contribution in [3.63, 3.8) is 0 Å². The van der Waals surface area contributed by atoms with Gasteiger partial charge in [-0.25, -0.2) is 0 Å². The molecule has 3 nitrogen and oxygen atoms in total. The van der Waals surface area contributed by atoms with Gasteiger partial charge in [0.1, 0.15) is 0 Å². The highest BCUT2D eigenvalue weighted by Crippen LogP contribution is 2.31. The number of aryl methyl sites for hydroxylation is 1. The van der Waals surface area contributed by atoms with Gasteiger partial charge in [0.25, 0.3) is 0 Å². The Morgan fingerprint density at radius 3 is 3.38 bits per heavy atom. The van der Waals surface area contributed by atoms with Crippen molar-refractivity contribution in [3.05, 3.63) is 29.6 Å². The first kappa shape index (κ1) is 10.8. The molecule has 0 saturated carbocycles. The average Bonchev–Trinajstić information content (AvgIpc) is 2.73. The van der Waals surface area contributed by atoms with E-state index in [-0.39, 0.29) is 11.7 Å². The molecule has 1 heterocycles. The topological polar surface area (TPSA) is 42.0 Å². The molecular weight excluding hydrogens is 200 g/mol. The number of hydrogen-bond acceptors (Lipinski definition) is 3. The molecule has 1 aromatic rings. The molecule has 1 unspecified atom stereocenters. The van der Waals surface area contributed by atoms with Gasteiger partial charge in [-0.05, 0) is 24.5 Å². The Hall–Kier alpha value is -1.66. The lowest BCUT2D eigenvalue weighted by molar-refractivity contribution is -0.119. The Bertz CT molecular complexity index is 434. The van der Waals surface area contributed by atoms with E-state index in [9.17, 15) is 4.79 Å². The third-order valence-corrected chi connectivity index (χ3v) is 2.87. The Morgan fingerprint density at radius 1 is 1.69 bits per heavy atom. The number of pyridine rings is 1. The molecule has 3 heteroatoms. The smallest absolute Gasteiger partial charge is 0.155 e. The van der Waals surface area contributed by atoms with E-state index in [0.717, 1.165) is 18.5 Å². The average molecular weight is 214 g/mol. The molecule has 0 fully saturated rings. The largest absolute Gasteiger partial charge is 0.299 e. The van der Waals surface area contributed by atoms with Crippen LogP contribution in [-0.2, 0) is 11.2 Å². The van der Waals surface area contributed by atoms with Crippen LogP contribution < -0.4 is 5.32 Å². The number of terminal acetylenes is 1. The fourth-order valence-electron chi connectivity index (χ4n) is 2.11. The van der Waals surface area contributed by atoms with Crippen molar-refractivity contribution < 1.29 is 4.79 Å². The molecule has 1 aromatic heterocycles. The van der Waals surface area contributed by atoms with E-state index in [1.54, 1.807) is 6.20 Å². The fraction of sp³-hybridized carbons (Fsp3) is 0.385. The Balaban J connectivity index is 2.02. The number of nitrogens with zero attached hydrogens (tertiary/aromatic N) is 1. The first-order chi connectivity index (χ1) is 7.83. The minimum Gasteiger partial charge on any atom is -0.299 e. The van der Waals surface area contributed by atoms with Gasteiger partial charge in [-0.2, -0.15) is 0 Å². The molecule has 82 valence electrons. The van der Waals surface area contributed by atoms with Crippen molar-refractivity contribution in [2.45, 2.75) is 18.8 Å². The van der Waals surface area contributed by atoms with Crippen LogP contribution in [0, 0.1) is 12.3 Å². The molecule has 0 bridgehead atoms. The van der Waals surface area contributed by atoms with E-state index in [1.807, 2.05) is 12.1 Å². The van der Waals surface area contributed by atoms with Crippen LogP contribution in [0.5, 0.6) is 0 Å². The minimum atomic E-state index is -0.0403. The molecule has 0 saturated heterocycles. The number of fused-ring (bicyclic) bond motifs is 1. The zero-order valence-corrected chi connectivity index (χ0v) is 9.07. The zero-order valence-electron chi connectivity index (χ0n) is 9.07. The van der Waals surface area contributed by atoms with Crippen molar-refractivity contribution in [1.29, 1.82) is 0 Å². The maximum absolute atomic E-state index is 11.9. The van der Waals surface area contributed by atoms with Gasteiger partial charge in [-0.3, -0.25) is 15.1 Å². The van der Waals surface area contributed by atoms with Gasteiger partial charge < -0.3 is 0 Å². The summed E-state index contributed by atoms with van der Waals surface area (Å²) in [4.78, 5) is 16.2. The highest BCUT2D eigenvalue weighted by molar-refractivity contribution is 5.88.